The lowest BCUT2D eigenvalue weighted by molar-refractivity contribution is -0.386. The van der Waals surface area contributed by atoms with Crippen LogP contribution in [0.1, 0.15) is 5.69 Å². The fourth-order valence-corrected chi connectivity index (χ4v) is 1.74. The Labute approximate surface area is 119 Å². The SMILES string of the molecule is CNc1nc(C)c([N+](=O)[O-])c(Oc2ccccc2Cl)n1. The average molecular weight is 295 g/mol. The van der Waals surface area contributed by atoms with Crippen LogP contribution in [0.3, 0.4) is 0 Å². The third kappa shape index (κ3) is 2.77. The fraction of sp³-hybridized carbons (Fsp3) is 0.167. The number of halogens is 1. The van der Waals surface area contributed by atoms with Gasteiger partial charge in [0, 0.05) is 7.05 Å². The molecule has 1 aromatic heterocycles. The number of nitrogens with one attached hydrogen (secondary N) is 1. The largest absolute Gasteiger partial charge is 0.432 e. The van der Waals surface area contributed by atoms with Gasteiger partial charge >= 0.3 is 11.6 Å². The smallest absolute Gasteiger partial charge is 0.352 e. The summed E-state index contributed by atoms with van der Waals surface area (Å²) in [6, 6.07) is 6.66. The Hall–Kier alpha value is -2.41. The van der Waals surface area contributed by atoms with Crippen molar-refractivity contribution in [3.8, 4) is 11.6 Å². The molecule has 8 heteroatoms. The molecule has 2 aromatic rings. The lowest BCUT2D eigenvalue weighted by Gasteiger charge is -2.09. The summed E-state index contributed by atoms with van der Waals surface area (Å²) in [6.07, 6.45) is 0. The first kappa shape index (κ1) is 14.0. The first-order valence-corrected chi connectivity index (χ1v) is 6.04. The van der Waals surface area contributed by atoms with E-state index in [1.54, 1.807) is 31.3 Å². The van der Waals surface area contributed by atoms with Crippen LogP contribution in [0.4, 0.5) is 11.6 Å². The molecule has 0 saturated heterocycles. The number of benzene rings is 1. The van der Waals surface area contributed by atoms with Gasteiger partial charge in [0.2, 0.25) is 5.95 Å². The third-order valence-electron chi connectivity index (χ3n) is 2.48. The number of nitro groups is 1. The maximum atomic E-state index is 11.1. The minimum Gasteiger partial charge on any atom is -0.432 e. The highest BCUT2D eigenvalue weighted by molar-refractivity contribution is 6.32. The van der Waals surface area contributed by atoms with E-state index in [4.69, 9.17) is 16.3 Å². The number of hydrogen-bond acceptors (Lipinski definition) is 6. The molecule has 0 aliphatic rings. The zero-order chi connectivity index (χ0) is 14.7. The van der Waals surface area contributed by atoms with Crippen molar-refractivity contribution in [2.45, 2.75) is 6.92 Å². The van der Waals surface area contributed by atoms with Crippen LogP contribution in [0.15, 0.2) is 24.3 Å². The molecule has 1 N–H and O–H groups in total. The predicted octanol–water partition coefficient (Wildman–Crippen LogP) is 3.18. The van der Waals surface area contributed by atoms with E-state index in [1.807, 2.05) is 0 Å². The highest BCUT2D eigenvalue weighted by atomic mass is 35.5. The summed E-state index contributed by atoms with van der Waals surface area (Å²) in [6.45, 7) is 1.51. The third-order valence-corrected chi connectivity index (χ3v) is 2.79. The zero-order valence-corrected chi connectivity index (χ0v) is 11.5. The number of aromatic nitrogens is 2. The van der Waals surface area contributed by atoms with E-state index in [0.29, 0.717) is 5.02 Å². The van der Waals surface area contributed by atoms with Gasteiger partial charge < -0.3 is 10.1 Å². The molecule has 0 aliphatic heterocycles. The van der Waals surface area contributed by atoms with E-state index >= 15 is 0 Å². The quantitative estimate of drug-likeness (QED) is 0.688. The first-order chi connectivity index (χ1) is 9.52. The minimum atomic E-state index is -0.582. The van der Waals surface area contributed by atoms with Gasteiger partial charge in [-0.2, -0.15) is 4.98 Å². The molecule has 0 spiro atoms. The van der Waals surface area contributed by atoms with Gasteiger partial charge in [0.25, 0.3) is 0 Å². The van der Waals surface area contributed by atoms with Crippen molar-refractivity contribution in [1.29, 1.82) is 0 Å². The van der Waals surface area contributed by atoms with Gasteiger partial charge in [-0.1, -0.05) is 23.7 Å². The summed E-state index contributed by atoms with van der Waals surface area (Å²) < 4.78 is 5.46. The Morgan fingerprint density at radius 3 is 2.65 bits per heavy atom. The molecule has 0 fully saturated rings. The number of ether oxygens (including phenoxy) is 1. The van der Waals surface area contributed by atoms with Crippen LogP contribution in [-0.4, -0.2) is 21.9 Å². The maximum absolute atomic E-state index is 11.1. The second-order valence-electron chi connectivity index (χ2n) is 3.83. The van der Waals surface area contributed by atoms with Gasteiger partial charge in [-0.15, -0.1) is 0 Å². The Balaban J connectivity index is 2.52. The number of anilines is 1. The van der Waals surface area contributed by atoms with Crippen molar-refractivity contribution in [2.75, 3.05) is 12.4 Å². The highest BCUT2D eigenvalue weighted by Crippen LogP contribution is 2.35. The van der Waals surface area contributed by atoms with E-state index in [1.165, 1.54) is 6.92 Å². The lowest BCUT2D eigenvalue weighted by Crippen LogP contribution is -2.05. The Kier molecular flexibility index (Phi) is 3.99. The molecule has 20 heavy (non-hydrogen) atoms. The monoisotopic (exact) mass is 294 g/mol. The van der Waals surface area contributed by atoms with Crippen LogP contribution in [0.25, 0.3) is 0 Å². The molecule has 0 radical (unpaired) electrons. The summed E-state index contributed by atoms with van der Waals surface area (Å²) in [4.78, 5) is 18.5. The molecule has 1 heterocycles. The van der Waals surface area contributed by atoms with Gasteiger partial charge in [-0.05, 0) is 19.1 Å². The molecule has 104 valence electrons. The number of hydrogen-bond donors (Lipinski definition) is 1. The van der Waals surface area contributed by atoms with Crippen molar-refractivity contribution in [3.05, 3.63) is 45.1 Å². The van der Waals surface area contributed by atoms with Gasteiger partial charge in [-0.3, -0.25) is 10.1 Å². The van der Waals surface area contributed by atoms with E-state index in [-0.39, 0.29) is 29.0 Å². The summed E-state index contributed by atoms with van der Waals surface area (Å²) in [7, 11) is 1.61. The molecule has 0 atom stereocenters. The standard InChI is InChI=1S/C12H11ClN4O3/c1-7-10(17(18)19)11(16-12(14-2)15-7)20-9-6-4-3-5-8(9)13/h3-6H,1-2H3,(H,14,15,16). The topological polar surface area (TPSA) is 90.2 Å². The van der Waals surface area contributed by atoms with Gasteiger partial charge in [0.15, 0.2) is 0 Å². The maximum Gasteiger partial charge on any atom is 0.352 e. The molecular formula is C12H11ClN4O3. The molecule has 0 saturated carbocycles. The molecule has 1 aromatic carbocycles. The van der Waals surface area contributed by atoms with E-state index < -0.39 is 4.92 Å². The van der Waals surface area contributed by atoms with Crippen LogP contribution >= 0.6 is 11.6 Å². The van der Waals surface area contributed by atoms with Crippen LogP contribution in [-0.2, 0) is 0 Å². The predicted molar refractivity (Wildman–Crippen MR) is 74.5 cm³/mol. The molecule has 0 aliphatic carbocycles. The fourth-order valence-electron chi connectivity index (χ4n) is 1.57. The van der Waals surface area contributed by atoms with Crippen molar-refractivity contribution in [3.63, 3.8) is 0 Å². The molecule has 7 nitrogen and oxygen atoms in total. The Morgan fingerprint density at radius 2 is 2.05 bits per heavy atom. The van der Waals surface area contributed by atoms with Crippen molar-refractivity contribution in [1.82, 2.24) is 9.97 Å². The van der Waals surface area contributed by atoms with Gasteiger partial charge in [0.1, 0.15) is 11.4 Å². The molecule has 0 amide bonds. The van der Waals surface area contributed by atoms with Crippen LogP contribution in [0.2, 0.25) is 5.02 Å². The van der Waals surface area contributed by atoms with E-state index in [0.717, 1.165) is 0 Å². The summed E-state index contributed by atoms with van der Waals surface area (Å²) in [5, 5.41) is 14.2. The normalized spacial score (nSPS) is 10.2. The molecule has 0 bridgehead atoms. The van der Waals surface area contributed by atoms with Gasteiger partial charge in [-0.25, -0.2) is 4.98 Å². The summed E-state index contributed by atoms with van der Waals surface area (Å²) in [5.74, 6) is 0.368. The highest BCUT2D eigenvalue weighted by Gasteiger charge is 2.24. The second kappa shape index (κ2) is 5.70. The minimum absolute atomic E-state index is 0.153. The first-order valence-electron chi connectivity index (χ1n) is 5.66. The number of nitrogens with zero attached hydrogens (tertiary/aromatic N) is 3. The van der Waals surface area contributed by atoms with Crippen molar-refractivity contribution in [2.24, 2.45) is 0 Å². The molecular weight excluding hydrogens is 284 g/mol. The number of rotatable bonds is 4. The number of para-hydroxylation sites is 1. The van der Waals surface area contributed by atoms with Crippen LogP contribution in [0.5, 0.6) is 11.6 Å². The Morgan fingerprint density at radius 1 is 1.35 bits per heavy atom. The summed E-state index contributed by atoms with van der Waals surface area (Å²) in [5.41, 5.74) is -0.0830. The average Bonchev–Trinajstić information content (AvgIpc) is 2.40. The van der Waals surface area contributed by atoms with Crippen molar-refractivity contribution < 1.29 is 9.66 Å². The second-order valence-corrected chi connectivity index (χ2v) is 4.23. The molecule has 2 rings (SSSR count). The Bertz CT molecular complexity index is 663. The van der Waals surface area contributed by atoms with E-state index in [9.17, 15) is 10.1 Å². The summed E-state index contributed by atoms with van der Waals surface area (Å²) >= 11 is 5.97. The van der Waals surface area contributed by atoms with Gasteiger partial charge in [0.05, 0.1) is 9.95 Å². The van der Waals surface area contributed by atoms with Crippen LogP contribution in [0, 0.1) is 17.0 Å². The van der Waals surface area contributed by atoms with E-state index in [2.05, 4.69) is 15.3 Å². The van der Waals surface area contributed by atoms with Crippen molar-refractivity contribution >= 4 is 23.2 Å². The zero-order valence-electron chi connectivity index (χ0n) is 10.8. The lowest BCUT2D eigenvalue weighted by atomic mass is 10.3. The molecule has 0 unspecified atom stereocenters. The number of aryl methyl sites for hydroxylation is 1. The van der Waals surface area contributed by atoms with Crippen LogP contribution < -0.4 is 10.1 Å².